The first-order valence-electron chi connectivity index (χ1n) is 10.6. The van der Waals surface area contributed by atoms with Crippen LogP contribution in [0.15, 0.2) is 17.3 Å². The van der Waals surface area contributed by atoms with E-state index in [9.17, 15) is 9.59 Å². The number of azide groups is 1. The molecule has 0 aromatic heterocycles. The lowest BCUT2D eigenvalue weighted by molar-refractivity contribution is -0.145. The van der Waals surface area contributed by atoms with Gasteiger partial charge >= 0.3 is 12.1 Å². The van der Waals surface area contributed by atoms with E-state index in [1.54, 1.807) is 6.08 Å². The highest BCUT2D eigenvalue weighted by molar-refractivity contribution is 5.75. The Morgan fingerprint density at radius 3 is 2.72 bits per heavy atom. The fraction of sp³-hybridized carbons (Fsp3) is 0.810. The standard InChI is InChI=1S/C21H34N4O4/c1-21(2,3)29-20(27)24-17(13-15-9-5-4-6-10-15)18-14-16(19(26)28-18)11-7-8-12-23-25-22/h7-8,15-18H,4-6,9-14H2,1-3H3,(H,24,27)/t16-,17+,18+/m1/s1. The van der Waals surface area contributed by atoms with Crippen molar-refractivity contribution in [3.8, 4) is 0 Å². The lowest BCUT2D eigenvalue weighted by Gasteiger charge is -2.30. The molecular formula is C21H34N4O4. The number of alkyl carbamates (subject to hydrolysis) is 1. The number of nitrogens with one attached hydrogen (secondary N) is 1. The molecule has 1 amide bonds. The highest BCUT2D eigenvalue weighted by Gasteiger charge is 2.40. The summed E-state index contributed by atoms with van der Waals surface area (Å²) in [5.74, 6) is 0.0600. The molecule has 2 aliphatic rings. The Balaban J connectivity index is 1.98. The Morgan fingerprint density at radius 1 is 1.34 bits per heavy atom. The van der Waals surface area contributed by atoms with Gasteiger partial charge < -0.3 is 14.8 Å². The first-order chi connectivity index (χ1) is 13.8. The maximum atomic E-state index is 12.4. The molecule has 29 heavy (non-hydrogen) atoms. The summed E-state index contributed by atoms with van der Waals surface area (Å²) < 4.78 is 11.1. The Morgan fingerprint density at radius 2 is 2.07 bits per heavy atom. The Hall–Kier alpha value is -2.21. The number of amides is 1. The molecule has 1 heterocycles. The molecule has 0 aromatic rings. The second kappa shape index (κ2) is 11.1. The predicted molar refractivity (Wildman–Crippen MR) is 110 cm³/mol. The molecule has 2 rings (SSSR count). The zero-order valence-corrected chi connectivity index (χ0v) is 17.8. The zero-order chi connectivity index (χ0) is 21.3. The minimum atomic E-state index is -0.578. The van der Waals surface area contributed by atoms with Crippen LogP contribution in [0, 0.1) is 11.8 Å². The van der Waals surface area contributed by atoms with Crippen LogP contribution in [0.3, 0.4) is 0 Å². The van der Waals surface area contributed by atoms with Gasteiger partial charge in [-0.3, -0.25) is 4.79 Å². The van der Waals surface area contributed by atoms with E-state index < -0.39 is 11.7 Å². The molecule has 8 nitrogen and oxygen atoms in total. The minimum Gasteiger partial charge on any atom is -0.460 e. The lowest BCUT2D eigenvalue weighted by Crippen LogP contribution is -2.46. The maximum absolute atomic E-state index is 12.4. The van der Waals surface area contributed by atoms with Crippen LogP contribution in [0.4, 0.5) is 4.79 Å². The largest absolute Gasteiger partial charge is 0.460 e. The van der Waals surface area contributed by atoms with Crippen molar-refractivity contribution in [3.05, 3.63) is 22.6 Å². The average Bonchev–Trinajstić information content (AvgIpc) is 3.01. The Kier molecular flexibility index (Phi) is 8.83. The molecule has 0 bridgehead atoms. The quantitative estimate of drug-likeness (QED) is 0.200. The van der Waals surface area contributed by atoms with Crippen LogP contribution in [-0.4, -0.2) is 36.4 Å². The third-order valence-corrected chi connectivity index (χ3v) is 5.42. The fourth-order valence-corrected chi connectivity index (χ4v) is 4.07. The highest BCUT2D eigenvalue weighted by Crippen LogP contribution is 2.33. The number of allylic oxidation sites excluding steroid dienone is 1. The van der Waals surface area contributed by atoms with E-state index in [0.717, 1.165) is 19.3 Å². The summed E-state index contributed by atoms with van der Waals surface area (Å²) in [7, 11) is 0. The fourth-order valence-electron chi connectivity index (χ4n) is 4.07. The number of rotatable bonds is 8. The molecule has 0 spiro atoms. The third-order valence-electron chi connectivity index (χ3n) is 5.42. The van der Waals surface area contributed by atoms with Crippen LogP contribution in [0.25, 0.3) is 10.4 Å². The van der Waals surface area contributed by atoms with Gasteiger partial charge in [0.2, 0.25) is 0 Å². The van der Waals surface area contributed by atoms with Crippen LogP contribution >= 0.6 is 0 Å². The zero-order valence-electron chi connectivity index (χ0n) is 17.8. The number of nitrogens with zero attached hydrogens (tertiary/aromatic N) is 3. The summed E-state index contributed by atoms with van der Waals surface area (Å²) in [6.45, 7) is 5.76. The van der Waals surface area contributed by atoms with Crippen molar-refractivity contribution in [1.82, 2.24) is 5.32 Å². The van der Waals surface area contributed by atoms with Gasteiger partial charge in [-0.25, -0.2) is 4.79 Å². The molecule has 1 N–H and O–H groups in total. The molecule has 0 aromatic carbocycles. The van der Waals surface area contributed by atoms with Gasteiger partial charge in [-0.1, -0.05) is 49.4 Å². The van der Waals surface area contributed by atoms with Crippen molar-refractivity contribution >= 4 is 12.1 Å². The highest BCUT2D eigenvalue weighted by atomic mass is 16.6. The topological polar surface area (TPSA) is 113 Å². The van der Waals surface area contributed by atoms with E-state index in [1.807, 2.05) is 26.8 Å². The smallest absolute Gasteiger partial charge is 0.408 e. The van der Waals surface area contributed by atoms with Crippen LogP contribution in [0.2, 0.25) is 0 Å². The van der Waals surface area contributed by atoms with Gasteiger partial charge in [-0.05, 0) is 51.5 Å². The number of carbonyl (C=O) groups excluding carboxylic acids is 2. The SMILES string of the molecule is CC(C)(C)OC(=O)N[C@@H](CC1CCCCC1)[C@@H]1C[C@@H](CC=CCN=[N+]=[N-])C(=O)O1. The van der Waals surface area contributed by atoms with E-state index in [4.69, 9.17) is 15.0 Å². The molecule has 8 heteroatoms. The second-order valence-electron chi connectivity index (χ2n) is 9.02. The maximum Gasteiger partial charge on any atom is 0.408 e. The van der Waals surface area contributed by atoms with Crippen molar-refractivity contribution in [2.45, 2.75) is 89.9 Å². The van der Waals surface area contributed by atoms with Crippen LogP contribution in [-0.2, 0) is 14.3 Å². The average molecular weight is 407 g/mol. The van der Waals surface area contributed by atoms with Gasteiger partial charge in [0.1, 0.15) is 11.7 Å². The monoisotopic (exact) mass is 406 g/mol. The Bertz CT molecular complexity index is 631. The molecule has 0 radical (unpaired) electrons. The second-order valence-corrected chi connectivity index (χ2v) is 9.02. The number of cyclic esters (lactones) is 1. The van der Waals surface area contributed by atoms with E-state index in [2.05, 4.69) is 15.3 Å². The summed E-state index contributed by atoms with van der Waals surface area (Å²) in [5.41, 5.74) is 7.72. The van der Waals surface area contributed by atoms with E-state index in [0.29, 0.717) is 18.8 Å². The number of carbonyl (C=O) groups is 2. The van der Waals surface area contributed by atoms with Crippen molar-refractivity contribution in [3.63, 3.8) is 0 Å². The molecule has 1 aliphatic carbocycles. The number of esters is 1. The van der Waals surface area contributed by atoms with Gasteiger partial charge in [-0.15, -0.1) is 0 Å². The number of hydrogen-bond donors (Lipinski definition) is 1. The van der Waals surface area contributed by atoms with Gasteiger partial charge in [0, 0.05) is 11.5 Å². The third kappa shape index (κ3) is 8.36. The lowest BCUT2D eigenvalue weighted by atomic mass is 9.83. The molecule has 0 unspecified atom stereocenters. The molecule has 1 aliphatic heterocycles. The summed E-state index contributed by atoms with van der Waals surface area (Å²) in [6.07, 6.45) is 10.7. The number of ether oxygens (including phenoxy) is 2. The van der Waals surface area contributed by atoms with Gasteiger partial charge in [0.05, 0.1) is 12.0 Å². The van der Waals surface area contributed by atoms with E-state index in [1.165, 1.54) is 19.3 Å². The van der Waals surface area contributed by atoms with Crippen LogP contribution in [0.5, 0.6) is 0 Å². The summed E-state index contributed by atoms with van der Waals surface area (Å²) in [5, 5.41) is 6.42. The van der Waals surface area contributed by atoms with Gasteiger partial charge in [-0.2, -0.15) is 0 Å². The predicted octanol–water partition coefficient (Wildman–Crippen LogP) is 5.04. The van der Waals surface area contributed by atoms with Crippen molar-refractivity contribution in [2.75, 3.05) is 6.54 Å². The summed E-state index contributed by atoms with van der Waals surface area (Å²) in [4.78, 5) is 27.4. The van der Waals surface area contributed by atoms with Gasteiger partial charge in [0.25, 0.3) is 0 Å². The molecule has 2 fully saturated rings. The normalized spacial score (nSPS) is 24.0. The molecule has 162 valence electrons. The number of hydrogen-bond acceptors (Lipinski definition) is 5. The van der Waals surface area contributed by atoms with Crippen LogP contribution in [0.1, 0.15) is 72.1 Å². The summed E-state index contributed by atoms with van der Waals surface area (Å²) in [6, 6.07) is -0.242. The van der Waals surface area contributed by atoms with Crippen molar-refractivity contribution in [2.24, 2.45) is 17.0 Å². The minimum absolute atomic E-state index is 0.233. The van der Waals surface area contributed by atoms with Gasteiger partial charge in [0.15, 0.2) is 0 Å². The molecule has 1 saturated carbocycles. The first-order valence-corrected chi connectivity index (χ1v) is 10.6. The molecule has 1 saturated heterocycles. The molecule has 3 atom stereocenters. The van der Waals surface area contributed by atoms with E-state index >= 15 is 0 Å². The van der Waals surface area contributed by atoms with Crippen molar-refractivity contribution < 1.29 is 19.1 Å². The van der Waals surface area contributed by atoms with Crippen LogP contribution < -0.4 is 5.32 Å². The summed E-state index contributed by atoms with van der Waals surface area (Å²) >= 11 is 0. The van der Waals surface area contributed by atoms with E-state index in [-0.39, 0.29) is 30.6 Å². The Labute approximate surface area is 173 Å². The first kappa shape index (κ1) is 23.1. The molecular weight excluding hydrogens is 372 g/mol. The van der Waals surface area contributed by atoms with Crippen molar-refractivity contribution in [1.29, 1.82) is 0 Å².